The number of carbonyl (C=O) groups is 2. The average Bonchev–Trinajstić information content (AvgIpc) is 2.60. The fourth-order valence-electron chi connectivity index (χ4n) is 2.04. The summed E-state index contributed by atoms with van der Waals surface area (Å²) in [4.78, 5) is 24.2. The van der Waals surface area contributed by atoms with E-state index in [2.05, 4.69) is 22.9 Å². The average molecular weight is 391 g/mol. The molecule has 0 N–H and O–H groups in total. The van der Waals surface area contributed by atoms with Crippen LogP contribution in [0.2, 0.25) is 0 Å². The summed E-state index contributed by atoms with van der Waals surface area (Å²) in [7, 11) is 0. The molecule has 4 nitrogen and oxygen atoms in total. The van der Waals surface area contributed by atoms with Gasteiger partial charge in [0.15, 0.2) is 0 Å². The van der Waals surface area contributed by atoms with Crippen molar-refractivity contribution in [1.29, 1.82) is 0 Å². The molecule has 0 aliphatic carbocycles. The van der Waals surface area contributed by atoms with E-state index >= 15 is 0 Å². The minimum absolute atomic E-state index is 0.306. The first-order valence-electron chi connectivity index (χ1n) is 7.85. The van der Waals surface area contributed by atoms with Gasteiger partial charge in [0.1, 0.15) is 5.75 Å². The highest BCUT2D eigenvalue weighted by atomic mass is 79.9. The first kappa shape index (κ1) is 18.2. The van der Waals surface area contributed by atoms with Gasteiger partial charge in [0.05, 0.1) is 17.7 Å². The van der Waals surface area contributed by atoms with Crippen LogP contribution in [0.1, 0.15) is 46.9 Å². The van der Waals surface area contributed by atoms with Gasteiger partial charge in [0.25, 0.3) is 0 Å². The highest BCUT2D eigenvalue weighted by Gasteiger charge is 2.13. The molecule has 0 spiro atoms. The van der Waals surface area contributed by atoms with E-state index in [-0.39, 0.29) is 0 Å². The van der Waals surface area contributed by atoms with Crippen molar-refractivity contribution in [3.05, 3.63) is 64.1 Å². The Kier molecular flexibility index (Phi) is 7.00. The standard InChI is InChI=1S/C19H19BrO4/c1-2-3-4-12-23-18(21)14-6-5-7-15(13-14)19(22)24-17-10-8-16(20)9-11-17/h5-11,13H,2-4,12H2,1H3. The van der Waals surface area contributed by atoms with E-state index in [4.69, 9.17) is 9.47 Å². The lowest BCUT2D eigenvalue weighted by Crippen LogP contribution is -2.11. The third kappa shape index (κ3) is 5.49. The molecule has 0 atom stereocenters. The van der Waals surface area contributed by atoms with Gasteiger partial charge in [-0.2, -0.15) is 0 Å². The minimum Gasteiger partial charge on any atom is -0.462 e. The molecule has 126 valence electrons. The van der Waals surface area contributed by atoms with Gasteiger partial charge < -0.3 is 9.47 Å². The largest absolute Gasteiger partial charge is 0.462 e. The van der Waals surface area contributed by atoms with E-state index in [1.165, 1.54) is 6.07 Å². The lowest BCUT2D eigenvalue weighted by molar-refractivity contribution is 0.0498. The molecule has 0 fully saturated rings. The van der Waals surface area contributed by atoms with Crippen LogP contribution in [-0.4, -0.2) is 18.5 Å². The lowest BCUT2D eigenvalue weighted by Gasteiger charge is -2.07. The predicted octanol–water partition coefficient (Wildman–Crippen LogP) is 5.02. The molecular weight excluding hydrogens is 372 g/mol. The van der Waals surface area contributed by atoms with E-state index < -0.39 is 11.9 Å². The zero-order chi connectivity index (χ0) is 17.4. The van der Waals surface area contributed by atoms with Crippen LogP contribution in [0.25, 0.3) is 0 Å². The molecule has 0 saturated heterocycles. The highest BCUT2D eigenvalue weighted by Crippen LogP contribution is 2.18. The van der Waals surface area contributed by atoms with Crippen LogP contribution in [0, 0.1) is 0 Å². The third-order valence-electron chi connectivity index (χ3n) is 3.34. The molecule has 0 aromatic heterocycles. The van der Waals surface area contributed by atoms with Gasteiger partial charge in [-0.25, -0.2) is 9.59 Å². The van der Waals surface area contributed by atoms with E-state index in [0.29, 0.717) is 23.5 Å². The number of halogens is 1. The Bertz CT molecular complexity index is 695. The summed E-state index contributed by atoms with van der Waals surface area (Å²) in [5.41, 5.74) is 0.651. The van der Waals surface area contributed by atoms with Crippen molar-refractivity contribution in [3.8, 4) is 5.75 Å². The number of benzene rings is 2. The monoisotopic (exact) mass is 390 g/mol. The number of carbonyl (C=O) groups excluding carboxylic acids is 2. The molecule has 2 aromatic rings. The first-order valence-corrected chi connectivity index (χ1v) is 8.64. The first-order chi connectivity index (χ1) is 11.6. The van der Waals surface area contributed by atoms with Crippen LogP contribution in [-0.2, 0) is 4.74 Å². The predicted molar refractivity (Wildman–Crippen MR) is 95.4 cm³/mol. The molecule has 0 aliphatic heterocycles. The van der Waals surface area contributed by atoms with Crippen LogP contribution >= 0.6 is 15.9 Å². The summed E-state index contributed by atoms with van der Waals surface area (Å²) in [6.07, 6.45) is 2.93. The number of unbranched alkanes of at least 4 members (excludes halogenated alkanes) is 2. The second-order valence-corrected chi connectivity index (χ2v) is 6.18. The minimum atomic E-state index is -0.516. The molecule has 5 heteroatoms. The highest BCUT2D eigenvalue weighted by molar-refractivity contribution is 9.10. The molecule has 0 amide bonds. The van der Waals surface area contributed by atoms with Crippen LogP contribution < -0.4 is 4.74 Å². The van der Waals surface area contributed by atoms with Crippen LogP contribution in [0.3, 0.4) is 0 Å². The maximum absolute atomic E-state index is 12.2. The number of hydrogen-bond acceptors (Lipinski definition) is 4. The normalized spacial score (nSPS) is 10.2. The van der Waals surface area contributed by atoms with Crippen molar-refractivity contribution in [1.82, 2.24) is 0 Å². The Hall–Kier alpha value is -2.14. The zero-order valence-corrected chi connectivity index (χ0v) is 15.0. The topological polar surface area (TPSA) is 52.6 Å². The van der Waals surface area contributed by atoms with Crippen LogP contribution in [0.15, 0.2) is 53.0 Å². The van der Waals surface area contributed by atoms with Crippen molar-refractivity contribution in [2.24, 2.45) is 0 Å². The van der Waals surface area contributed by atoms with Gasteiger partial charge in [0, 0.05) is 4.47 Å². The quantitative estimate of drug-likeness (QED) is 0.378. The van der Waals surface area contributed by atoms with E-state index in [1.807, 2.05) is 0 Å². The number of hydrogen-bond donors (Lipinski definition) is 0. The summed E-state index contributed by atoms with van der Waals surface area (Å²) in [6, 6.07) is 13.3. The van der Waals surface area contributed by atoms with E-state index in [9.17, 15) is 9.59 Å². The number of rotatable bonds is 7. The second kappa shape index (κ2) is 9.23. The Morgan fingerprint density at radius 1 is 0.958 bits per heavy atom. The molecule has 0 saturated carbocycles. The molecule has 0 bridgehead atoms. The molecule has 2 rings (SSSR count). The summed E-state index contributed by atoms with van der Waals surface area (Å²) < 4.78 is 11.4. The zero-order valence-electron chi connectivity index (χ0n) is 13.5. The summed E-state index contributed by atoms with van der Waals surface area (Å²) >= 11 is 3.32. The van der Waals surface area contributed by atoms with Crippen molar-refractivity contribution in [3.63, 3.8) is 0 Å². The van der Waals surface area contributed by atoms with Gasteiger partial charge in [0.2, 0.25) is 0 Å². The number of esters is 2. The Morgan fingerprint density at radius 3 is 2.29 bits per heavy atom. The van der Waals surface area contributed by atoms with Crippen molar-refractivity contribution in [2.75, 3.05) is 6.61 Å². The maximum atomic E-state index is 12.2. The Labute approximate surface area is 149 Å². The summed E-state index contributed by atoms with van der Waals surface area (Å²) in [6.45, 7) is 2.47. The Balaban J connectivity index is 1.99. The lowest BCUT2D eigenvalue weighted by atomic mass is 10.1. The van der Waals surface area contributed by atoms with Crippen LogP contribution in [0.4, 0.5) is 0 Å². The molecular formula is C19H19BrO4. The van der Waals surface area contributed by atoms with Crippen molar-refractivity contribution < 1.29 is 19.1 Å². The van der Waals surface area contributed by atoms with Gasteiger partial charge in [-0.1, -0.05) is 41.8 Å². The van der Waals surface area contributed by atoms with Gasteiger partial charge >= 0.3 is 11.9 Å². The number of ether oxygens (including phenoxy) is 2. The smallest absolute Gasteiger partial charge is 0.343 e. The van der Waals surface area contributed by atoms with E-state index in [0.717, 1.165) is 23.7 Å². The fraction of sp³-hybridized carbons (Fsp3) is 0.263. The summed E-state index contributed by atoms with van der Waals surface area (Å²) in [5.74, 6) is -0.502. The van der Waals surface area contributed by atoms with Crippen molar-refractivity contribution in [2.45, 2.75) is 26.2 Å². The molecule has 0 heterocycles. The van der Waals surface area contributed by atoms with Gasteiger partial charge in [-0.3, -0.25) is 0 Å². The molecule has 0 unspecified atom stereocenters. The summed E-state index contributed by atoms with van der Waals surface area (Å²) in [5, 5.41) is 0. The molecule has 0 radical (unpaired) electrons. The second-order valence-electron chi connectivity index (χ2n) is 5.27. The van der Waals surface area contributed by atoms with Gasteiger partial charge in [-0.05, 0) is 48.9 Å². The van der Waals surface area contributed by atoms with Crippen LogP contribution in [0.5, 0.6) is 5.75 Å². The van der Waals surface area contributed by atoms with Crippen molar-refractivity contribution >= 4 is 27.9 Å². The SMILES string of the molecule is CCCCCOC(=O)c1cccc(C(=O)Oc2ccc(Br)cc2)c1. The molecule has 0 aliphatic rings. The molecule has 2 aromatic carbocycles. The van der Waals surface area contributed by atoms with Gasteiger partial charge in [-0.15, -0.1) is 0 Å². The van der Waals surface area contributed by atoms with E-state index in [1.54, 1.807) is 42.5 Å². The third-order valence-corrected chi connectivity index (χ3v) is 3.87. The Morgan fingerprint density at radius 2 is 1.62 bits per heavy atom. The fourth-order valence-corrected chi connectivity index (χ4v) is 2.31. The maximum Gasteiger partial charge on any atom is 0.343 e. The molecule has 24 heavy (non-hydrogen) atoms.